The number of nitrogens with zero attached hydrogens (tertiary/aromatic N) is 3. The number of allylic oxidation sites excluding steroid dienone is 4. The molecule has 1 aliphatic rings. The second-order valence-corrected chi connectivity index (χ2v) is 4.70. The van der Waals surface area contributed by atoms with Crippen LogP contribution in [0.2, 0.25) is 0 Å². The summed E-state index contributed by atoms with van der Waals surface area (Å²) in [5.41, 5.74) is 0. The fourth-order valence-electron chi connectivity index (χ4n) is 1.86. The summed E-state index contributed by atoms with van der Waals surface area (Å²) < 4.78 is 7.47. The van der Waals surface area contributed by atoms with Crippen molar-refractivity contribution in [1.29, 1.82) is 0 Å². The number of hydrogen-bond donors (Lipinski definition) is 1. The van der Waals surface area contributed by atoms with Crippen LogP contribution in [0.3, 0.4) is 0 Å². The van der Waals surface area contributed by atoms with E-state index in [1.54, 1.807) is 10.7 Å². The largest absolute Gasteiger partial charge is 0.478 e. The van der Waals surface area contributed by atoms with E-state index in [0.717, 1.165) is 12.8 Å². The van der Waals surface area contributed by atoms with Crippen molar-refractivity contribution in [1.82, 2.24) is 9.78 Å². The van der Waals surface area contributed by atoms with E-state index >= 15 is 0 Å². The number of aromatic nitrogens is 2. The Hall–Kier alpha value is -1.82. The van der Waals surface area contributed by atoms with Crippen LogP contribution in [-0.2, 0) is 0 Å². The minimum Gasteiger partial charge on any atom is -0.478 e. The molecule has 0 saturated heterocycles. The highest BCUT2D eigenvalue weighted by Gasteiger charge is 2.11. The Labute approximate surface area is 123 Å². The Bertz CT molecular complexity index is 593. The van der Waals surface area contributed by atoms with Gasteiger partial charge in [0.2, 0.25) is 5.88 Å². The van der Waals surface area contributed by atoms with Gasteiger partial charge in [-0.2, -0.15) is 5.10 Å². The molecule has 0 aliphatic heterocycles. The van der Waals surface area contributed by atoms with Crippen LogP contribution in [0.1, 0.15) is 25.8 Å². The Morgan fingerprint density at radius 1 is 1.55 bits per heavy atom. The van der Waals surface area contributed by atoms with E-state index in [4.69, 9.17) is 4.74 Å². The molecule has 1 aromatic rings. The summed E-state index contributed by atoms with van der Waals surface area (Å²) in [6.07, 6.45) is 11.6. The summed E-state index contributed by atoms with van der Waals surface area (Å²) in [4.78, 5) is 14.7. The quantitative estimate of drug-likeness (QED) is 0.685. The molecule has 1 heterocycles. The Morgan fingerprint density at radius 2 is 2.30 bits per heavy atom. The molecule has 0 radical (unpaired) electrons. The van der Waals surface area contributed by atoms with Gasteiger partial charge < -0.3 is 4.74 Å². The topological polar surface area (TPSA) is 56.5 Å². The minimum atomic E-state index is -0.552. The zero-order valence-corrected chi connectivity index (χ0v) is 12.2. The highest BCUT2D eigenvalue weighted by atomic mass is 32.1. The second-order valence-electron chi connectivity index (χ2n) is 4.32. The molecule has 20 heavy (non-hydrogen) atoms. The van der Waals surface area contributed by atoms with Crippen molar-refractivity contribution >= 4 is 17.9 Å². The van der Waals surface area contributed by atoms with Crippen LogP contribution in [0.4, 0.5) is 4.79 Å². The van der Waals surface area contributed by atoms with E-state index in [0.29, 0.717) is 17.8 Å². The zero-order valence-electron chi connectivity index (χ0n) is 11.3. The van der Waals surface area contributed by atoms with Gasteiger partial charge in [-0.1, -0.05) is 43.9 Å². The van der Waals surface area contributed by atoms with Gasteiger partial charge in [-0.15, -0.1) is 0 Å². The monoisotopic (exact) mass is 291 g/mol. The predicted molar refractivity (Wildman–Crippen MR) is 79.9 cm³/mol. The normalized spacial score (nSPS) is 15.6. The van der Waals surface area contributed by atoms with Crippen LogP contribution < -0.4 is 10.1 Å². The lowest BCUT2D eigenvalue weighted by atomic mass is 10.1. The first-order chi connectivity index (χ1) is 9.70. The van der Waals surface area contributed by atoms with Gasteiger partial charge in [0.25, 0.3) is 0 Å². The van der Waals surface area contributed by atoms with Gasteiger partial charge >= 0.3 is 5.24 Å². The van der Waals surface area contributed by atoms with E-state index in [9.17, 15) is 4.79 Å². The summed E-state index contributed by atoms with van der Waals surface area (Å²) in [6.45, 7) is 2.61. The smallest absolute Gasteiger partial charge is 0.302 e. The molecule has 1 aromatic heterocycles. The number of ether oxygens (including phenoxy) is 1. The van der Waals surface area contributed by atoms with Crippen LogP contribution in [0.5, 0.6) is 5.88 Å². The van der Waals surface area contributed by atoms with Gasteiger partial charge in [0.1, 0.15) is 0 Å². The van der Waals surface area contributed by atoms with Crippen molar-refractivity contribution in [3.05, 3.63) is 41.9 Å². The van der Waals surface area contributed by atoms with Gasteiger partial charge in [0, 0.05) is 6.07 Å². The maximum atomic E-state index is 10.9. The highest BCUT2D eigenvalue weighted by Crippen LogP contribution is 2.20. The second kappa shape index (κ2) is 7.09. The molecule has 2 rings (SSSR count). The SMILES string of the molecule is CCCOc1cc(=NC(=O)S)cnn1C1C=CCC=C1. The zero-order chi connectivity index (χ0) is 14.4. The van der Waals surface area contributed by atoms with Crippen LogP contribution in [0.15, 0.2) is 41.6 Å². The maximum absolute atomic E-state index is 10.9. The van der Waals surface area contributed by atoms with Crippen LogP contribution in [0, 0.1) is 0 Å². The van der Waals surface area contributed by atoms with E-state index in [1.807, 2.05) is 6.92 Å². The van der Waals surface area contributed by atoms with Gasteiger partial charge in [-0.05, 0) is 12.8 Å². The Morgan fingerprint density at radius 3 is 2.95 bits per heavy atom. The molecule has 0 bridgehead atoms. The Kier molecular flexibility index (Phi) is 5.17. The lowest BCUT2D eigenvalue weighted by molar-refractivity contribution is 0.267. The number of rotatable bonds is 4. The summed E-state index contributed by atoms with van der Waals surface area (Å²) in [5.74, 6) is 0.587. The Balaban J connectivity index is 2.39. The van der Waals surface area contributed by atoms with E-state index in [1.165, 1.54) is 6.20 Å². The molecule has 0 atom stereocenters. The standard InChI is InChI=1S/C14H17N3O2S/c1-2-8-19-13-9-11(16-14(18)20)10-15-17(13)12-6-4-3-5-7-12/h4-7,9-10,12H,2-3,8H2,1H3,(H,18,20). The third-order valence-electron chi connectivity index (χ3n) is 2.71. The molecular formula is C14H17N3O2S. The molecule has 0 saturated carbocycles. The lowest BCUT2D eigenvalue weighted by Gasteiger charge is -2.18. The summed E-state index contributed by atoms with van der Waals surface area (Å²) >= 11 is 3.64. The lowest BCUT2D eigenvalue weighted by Crippen LogP contribution is -2.18. The molecule has 5 nitrogen and oxygen atoms in total. The summed E-state index contributed by atoms with van der Waals surface area (Å²) in [6, 6.07) is 1.73. The fourth-order valence-corrected chi connectivity index (χ4v) is 1.98. The molecular weight excluding hydrogens is 274 g/mol. The molecule has 0 fully saturated rings. The molecule has 6 heteroatoms. The number of carbonyl (C=O) groups is 1. The van der Waals surface area contributed by atoms with Crippen LogP contribution in [0.25, 0.3) is 0 Å². The molecule has 0 aromatic carbocycles. The van der Waals surface area contributed by atoms with Crippen molar-refractivity contribution in [2.24, 2.45) is 4.99 Å². The molecule has 1 aliphatic carbocycles. The van der Waals surface area contributed by atoms with Crippen molar-refractivity contribution in [3.63, 3.8) is 0 Å². The highest BCUT2D eigenvalue weighted by molar-refractivity contribution is 7.96. The van der Waals surface area contributed by atoms with Gasteiger partial charge in [-0.25, -0.2) is 9.67 Å². The van der Waals surface area contributed by atoms with E-state index in [2.05, 4.69) is 47.0 Å². The summed E-state index contributed by atoms with van der Waals surface area (Å²) in [7, 11) is 0. The maximum Gasteiger partial charge on any atom is 0.302 e. The molecule has 0 N–H and O–H groups in total. The van der Waals surface area contributed by atoms with Crippen LogP contribution >= 0.6 is 12.6 Å². The first-order valence-electron chi connectivity index (χ1n) is 6.53. The molecule has 0 spiro atoms. The van der Waals surface area contributed by atoms with E-state index < -0.39 is 5.24 Å². The average Bonchev–Trinajstić information content (AvgIpc) is 2.45. The number of hydrogen-bond acceptors (Lipinski definition) is 3. The average molecular weight is 291 g/mol. The van der Waals surface area contributed by atoms with Crippen molar-refractivity contribution < 1.29 is 9.53 Å². The van der Waals surface area contributed by atoms with Crippen LogP contribution in [-0.4, -0.2) is 21.6 Å². The van der Waals surface area contributed by atoms with Crippen molar-refractivity contribution in [2.75, 3.05) is 6.61 Å². The van der Waals surface area contributed by atoms with Crippen molar-refractivity contribution in [3.8, 4) is 5.88 Å². The first-order valence-corrected chi connectivity index (χ1v) is 6.98. The predicted octanol–water partition coefficient (Wildman–Crippen LogP) is 2.68. The van der Waals surface area contributed by atoms with Gasteiger partial charge in [0.15, 0.2) is 0 Å². The van der Waals surface area contributed by atoms with Crippen molar-refractivity contribution in [2.45, 2.75) is 25.8 Å². The van der Waals surface area contributed by atoms with E-state index in [-0.39, 0.29) is 6.04 Å². The van der Waals surface area contributed by atoms with Gasteiger partial charge in [0.05, 0.1) is 24.2 Å². The molecule has 1 amide bonds. The number of carbonyl (C=O) groups excluding carboxylic acids is 1. The third-order valence-corrected chi connectivity index (χ3v) is 2.81. The molecule has 106 valence electrons. The number of amides is 1. The first kappa shape index (κ1) is 14.6. The fraction of sp³-hybridized carbons (Fsp3) is 0.357. The number of thiol groups is 1. The third kappa shape index (κ3) is 3.84. The minimum absolute atomic E-state index is 0.0244. The van der Waals surface area contributed by atoms with Gasteiger partial charge in [-0.3, -0.25) is 4.79 Å². The summed E-state index contributed by atoms with van der Waals surface area (Å²) in [5, 5.41) is 4.21. The molecule has 0 unspecified atom stereocenters.